The first-order valence-electron chi connectivity index (χ1n) is 6.42. The number of esters is 1. The van der Waals surface area contributed by atoms with Crippen LogP contribution in [0.5, 0.6) is 0 Å². The maximum atomic E-state index is 11.6. The minimum atomic E-state index is -0.833. The average Bonchev–Trinajstić information content (AvgIpc) is 2.39. The van der Waals surface area contributed by atoms with Gasteiger partial charge in [0.1, 0.15) is 5.57 Å². The van der Waals surface area contributed by atoms with Crippen molar-refractivity contribution in [1.82, 2.24) is 0 Å². The van der Waals surface area contributed by atoms with E-state index in [0.29, 0.717) is 0 Å². The van der Waals surface area contributed by atoms with Gasteiger partial charge in [-0.15, -0.1) is 12.6 Å². The number of carboxylic acids is 1. The third-order valence-electron chi connectivity index (χ3n) is 2.10. The summed E-state index contributed by atoms with van der Waals surface area (Å²) in [7, 11) is 0. The largest absolute Gasteiger partial charge is 0.481 e. The second-order valence-corrected chi connectivity index (χ2v) is 4.46. The third-order valence-corrected chi connectivity index (χ3v) is 2.44. The first kappa shape index (κ1) is 23.5. The van der Waals surface area contributed by atoms with Gasteiger partial charge in [-0.1, -0.05) is 18.2 Å². The molecule has 0 bridgehead atoms. The van der Waals surface area contributed by atoms with E-state index < -0.39 is 11.9 Å². The van der Waals surface area contributed by atoms with Crippen molar-refractivity contribution in [3.8, 4) is 0 Å². The van der Waals surface area contributed by atoms with Crippen LogP contribution in [0.2, 0.25) is 0 Å². The van der Waals surface area contributed by atoms with Gasteiger partial charge >= 0.3 is 5.97 Å². The van der Waals surface area contributed by atoms with E-state index in [0.717, 1.165) is 12.6 Å². The number of Topliss-reactive ketones (excluding diaryl/α,β-unsaturated/α-hetero) is 1. The Bertz CT molecular complexity index is 556. The van der Waals surface area contributed by atoms with Crippen molar-refractivity contribution in [2.75, 3.05) is 11.9 Å². The molecule has 0 spiro atoms. The molecule has 0 atom stereocenters. The van der Waals surface area contributed by atoms with Crippen LogP contribution in [0.15, 0.2) is 40.9 Å². The number of aliphatic carboxylic acids is 1. The van der Waals surface area contributed by atoms with Gasteiger partial charge in [0.25, 0.3) is 5.97 Å². The number of hydrogen-bond acceptors (Lipinski definition) is 6. The Hall–Kier alpha value is -1.76. The molecular formula is C15H19CuNO5S. The number of carboxylic acid groups (broad SMARTS) is 1. The molecular weight excluding hydrogens is 370 g/mol. The number of ketones is 1. The minimum Gasteiger partial charge on any atom is -0.481 e. The van der Waals surface area contributed by atoms with Crippen LogP contribution >= 0.6 is 12.6 Å². The standard InChI is InChI=1S/C13H15NO3S.C2H4O2.Cu/c1-3-17-13(16)11(9(2)15)12(18)14-10-7-5-4-6-8-10;1-2(3)4;/h4-8,14,18H,3H2,1-2H3;1H3,(H,3,4);/b12-11+;;. The monoisotopic (exact) mass is 388 g/mol. The van der Waals surface area contributed by atoms with Gasteiger partial charge < -0.3 is 15.2 Å². The Morgan fingerprint density at radius 2 is 1.65 bits per heavy atom. The van der Waals surface area contributed by atoms with Crippen LogP contribution in [0.3, 0.4) is 0 Å². The normalized spacial score (nSPS) is 10.1. The molecule has 8 heteroatoms. The quantitative estimate of drug-likeness (QED) is 0.179. The van der Waals surface area contributed by atoms with Crippen molar-refractivity contribution in [2.45, 2.75) is 20.8 Å². The molecule has 0 heterocycles. The fourth-order valence-electron chi connectivity index (χ4n) is 1.33. The van der Waals surface area contributed by atoms with Gasteiger partial charge in [-0.05, 0) is 26.0 Å². The molecule has 0 fully saturated rings. The summed E-state index contributed by atoms with van der Waals surface area (Å²) in [5.74, 6) is -1.89. The number of rotatable bonds is 5. The number of nitrogens with one attached hydrogen (secondary N) is 1. The minimum absolute atomic E-state index is 0. The fraction of sp³-hybridized carbons (Fsp3) is 0.267. The van der Waals surface area contributed by atoms with E-state index in [1.54, 1.807) is 19.1 Å². The van der Waals surface area contributed by atoms with Crippen LogP contribution in [0.4, 0.5) is 5.69 Å². The number of hydrogen-bond donors (Lipinski definition) is 3. The molecule has 6 nitrogen and oxygen atoms in total. The molecule has 0 amide bonds. The zero-order chi connectivity index (χ0) is 17.1. The van der Waals surface area contributed by atoms with Crippen molar-refractivity contribution in [3.63, 3.8) is 0 Å². The van der Waals surface area contributed by atoms with Crippen LogP contribution in [0.1, 0.15) is 20.8 Å². The molecule has 131 valence electrons. The summed E-state index contributed by atoms with van der Waals surface area (Å²) < 4.78 is 4.82. The smallest absolute Gasteiger partial charge is 0.344 e. The van der Waals surface area contributed by atoms with E-state index in [4.69, 9.17) is 14.6 Å². The van der Waals surface area contributed by atoms with E-state index in [2.05, 4.69) is 17.9 Å². The Morgan fingerprint density at radius 1 is 1.17 bits per heavy atom. The van der Waals surface area contributed by atoms with Crippen molar-refractivity contribution < 1.29 is 41.3 Å². The maximum Gasteiger partial charge on any atom is 0.344 e. The van der Waals surface area contributed by atoms with Crippen LogP contribution in [0.25, 0.3) is 0 Å². The van der Waals surface area contributed by atoms with E-state index in [-0.39, 0.29) is 40.1 Å². The van der Waals surface area contributed by atoms with Crippen molar-refractivity contribution >= 4 is 36.0 Å². The molecule has 0 aromatic heterocycles. The summed E-state index contributed by atoms with van der Waals surface area (Å²) in [4.78, 5) is 32.1. The molecule has 0 aliphatic heterocycles. The van der Waals surface area contributed by atoms with Crippen LogP contribution in [-0.2, 0) is 36.2 Å². The Kier molecular flexibility index (Phi) is 13.0. The molecule has 1 radical (unpaired) electrons. The fourth-order valence-corrected chi connectivity index (χ4v) is 1.71. The third kappa shape index (κ3) is 10.6. The molecule has 0 aliphatic rings. The van der Waals surface area contributed by atoms with Gasteiger partial charge in [0, 0.05) is 29.7 Å². The molecule has 1 rings (SSSR count). The van der Waals surface area contributed by atoms with Gasteiger partial charge in [0.2, 0.25) is 0 Å². The number of para-hydroxylation sites is 1. The Labute approximate surface area is 151 Å². The molecule has 0 saturated carbocycles. The van der Waals surface area contributed by atoms with Gasteiger partial charge in [-0.25, -0.2) is 4.79 Å². The SMILES string of the molecule is CC(=O)O.CCOC(=O)/C(C(C)=O)=C(/S)Nc1ccccc1.[Cu]. The first-order chi connectivity index (χ1) is 10.3. The van der Waals surface area contributed by atoms with Gasteiger partial charge in [-0.2, -0.15) is 0 Å². The summed E-state index contributed by atoms with van der Waals surface area (Å²) in [6, 6.07) is 9.14. The first-order valence-corrected chi connectivity index (χ1v) is 6.87. The Morgan fingerprint density at radius 3 is 2.04 bits per heavy atom. The maximum absolute atomic E-state index is 11.6. The molecule has 0 unspecified atom stereocenters. The van der Waals surface area contributed by atoms with Crippen LogP contribution < -0.4 is 5.32 Å². The van der Waals surface area contributed by atoms with E-state index in [1.807, 2.05) is 18.2 Å². The zero-order valence-electron chi connectivity index (χ0n) is 12.9. The summed E-state index contributed by atoms with van der Waals surface area (Å²) in [6.45, 7) is 4.27. The van der Waals surface area contributed by atoms with Crippen LogP contribution in [0, 0.1) is 0 Å². The van der Waals surface area contributed by atoms with Gasteiger partial charge in [0.05, 0.1) is 11.6 Å². The van der Waals surface area contributed by atoms with Gasteiger partial charge in [-0.3, -0.25) is 9.59 Å². The predicted molar refractivity (Wildman–Crippen MR) is 86.7 cm³/mol. The second kappa shape index (κ2) is 12.8. The summed E-state index contributed by atoms with van der Waals surface area (Å²) in [5.41, 5.74) is 0.662. The Balaban J connectivity index is 0. The predicted octanol–water partition coefficient (Wildman–Crippen LogP) is 2.48. The van der Waals surface area contributed by atoms with Gasteiger partial charge in [0.15, 0.2) is 5.78 Å². The number of benzene rings is 1. The van der Waals surface area contributed by atoms with Crippen molar-refractivity contribution in [2.24, 2.45) is 0 Å². The summed E-state index contributed by atoms with van der Waals surface area (Å²) >= 11 is 4.15. The van der Waals surface area contributed by atoms with E-state index in [1.165, 1.54) is 6.92 Å². The summed E-state index contributed by atoms with van der Waals surface area (Å²) in [6.07, 6.45) is 0. The number of carbonyl (C=O) groups is 3. The van der Waals surface area contributed by atoms with E-state index in [9.17, 15) is 9.59 Å². The van der Waals surface area contributed by atoms with Crippen molar-refractivity contribution in [3.05, 3.63) is 40.9 Å². The number of thiol groups is 1. The molecule has 23 heavy (non-hydrogen) atoms. The molecule has 2 N–H and O–H groups in total. The van der Waals surface area contributed by atoms with Crippen LogP contribution in [-0.4, -0.2) is 29.4 Å². The zero-order valence-corrected chi connectivity index (χ0v) is 14.8. The molecule has 0 aliphatic carbocycles. The average molecular weight is 389 g/mol. The van der Waals surface area contributed by atoms with E-state index >= 15 is 0 Å². The number of anilines is 1. The number of ether oxygens (including phenoxy) is 1. The second-order valence-electron chi connectivity index (χ2n) is 4.01. The molecule has 0 saturated heterocycles. The molecule has 1 aromatic rings. The number of carbonyl (C=O) groups excluding carboxylic acids is 2. The van der Waals surface area contributed by atoms with Crippen molar-refractivity contribution in [1.29, 1.82) is 0 Å². The summed E-state index contributed by atoms with van der Waals surface area (Å²) in [5, 5.41) is 10.5. The molecule has 1 aromatic carbocycles. The topological polar surface area (TPSA) is 92.7 Å².